The van der Waals surface area contributed by atoms with Crippen LogP contribution in [0.25, 0.3) is 0 Å². The van der Waals surface area contributed by atoms with E-state index < -0.39 is 28.9 Å². The normalized spacial score (nSPS) is 11.3. The van der Waals surface area contributed by atoms with Gasteiger partial charge in [0, 0.05) is 25.6 Å². The van der Waals surface area contributed by atoms with Crippen LogP contribution >= 0.6 is 0 Å². The maximum atomic E-state index is 11.9. The van der Waals surface area contributed by atoms with Gasteiger partial charge in [-0.25, -0.2) is 9.78 Å². The first kappa shape index (κ1) is 21.8. The third kappa shape index (κ3) is 9.74. The molecule has 1 aromatic rings. The number of nitrogens with one attached hydrogen (secondary N) is 3. The number of hydrogen-bond donors (Lipinski definition) is 3. The van der Waals surface area contributed by atoms with E-state index in [1.807, 2.05) is 0 Å². The lowest BCUT2D eigenvalue weighted by Crippen LogP contribution is -2.44. The number of carbonyl (C=O) groups is 3. The van der Waals surface area contributed by atoms with E-state index in [2.05, 4.69) is 30.2 Å². The summed E-state index contributed by atoms with van der Waals surface area (Å²) >= 11 is 0. The topological polar surface area (TPSA) is 175 Å². The van der Waals surface area contributed by atoms with Gasteiger partial charge in [0.2, 0.25) is 11.8 Å². The quantitative estimate of drug-likeness (QED) is 0.155. The van der Waals surface area contributed by atoms with E-state index in [0.717, 1.165) is 0 Å². The van der Waals surface area contributed by atoms with Crippen molar-refractivity contribution in [3.63, 3.8) is 0 Å². The van der Waals surface area contributed by atoms with Gasteiger partial charge in [-0.15, -0.1) is 10.1 Å². The standard InChI is InChI=1S/C14H21N5O8/c1-25-14(22)11(6-10-7-15-9-17-10)18-12(20)2-3-16-13(21)8-26-4-5-27-19(23)24/h7,9,11H,2-6,8H2,1H3,(H,15,17)(H,16,21)(H,18,20). The molecule has 13 nitrogen and oxygen atoms in total. The zero-order valence-corrected chi connectivity index (χ0v) is 14.6. The number of hydrogen-bond acceptors (Lipinski definition) is 9. The maximum absolute atomic E-state index is 11.9. The number of aromatic nitrogens is 2. The van der Waals surface area contributed by atoms with Crippen molar-refractivity contribution in [2.24, 2.45) is 0 Å². The summed E-state index contributed by atoms with van der Waals surface area (Å²) < 4.78 is 9.51. The Morgan fingerprint density at radius 2 is 2.11 bits per heavy atom. The van der Waals surface area contributed by atoms with Crippen molar-refractivity contribution in [1.82, 2.24) is 20.6 Å². The Labute approximate surface area is 153 Å². The molecule has 0 aromatic carbocycles. The first-order valence-electron chi connectivity index (χ1n) is 7.89. The number of aromatic amines is 1. The largest absolute Gasteiger partial charge is 0.467 e. The summed E-state index contributed by atoms with van der Waals surface area (Å²) in [7, 11) is 1.21. The third-order valence-corrected chi connectivity index (χ3v) is 3.12. The van der Waals surface area contributed by atoms with Crippen LogP contribution in [0.2, 0.25) is 0 Å². The summed E-state index contributed by atoms with van der Waals surface area (Å²) in [5.41, 5.74) is 0.581. The first-order valence-corrected chi connectivity index (χ1v) is 7.89. The van der Waals surface area contributed by atoms with E-state index in [0.29, 0.717) is 5.69 Å². The molecule has 0 aliphatic heterocycles. The summed E-state index contributed by atoms with van der Waals surface area (Å²) in [6.45, 7) is -0.709. The average molecular weight is 387 g/mol. The van der Waals surface area contributed by atoms with Gasteiger partial charge < -0.3 is 29.9 Å². The minimum atomic E-state index is -0.963. The molecule has 0 saturated carbocycles. The van der Waals surface area contributed by atoms with Crippen LogP contribution in [-0.2, 0) is 35.1 Å². The average Bonchev–Trinajstić information content (AvgIpc) is 3.13. The van der Waals surface area contributed by atoms with Crippen LogP contribution in [0.4, 0.5) is 0 Å². The predicted octanol–water partition coefficient (Wildman–Crippen LogP) is -1.66. The highest BCUT2D eigenvalue weighted by Crippen LogP contribution is 2.01. The molecule has 1 atom stereocenters. The fourth-order valence-corrected chi connectivity index (χ4v) is 1.92. The summed E-state index contributed by atoms with van der Waals surface area (Å²) in [6, 6.07) is -0.897. The second-order valence-electron chi connectivity index (χ2n) is 5.12. The molecule has 0 aliphatic rings. The molecule has 0 aliphatic carbocycles. The Bertz CT molecular complexity index is 621. The van der Waals surface area contributed by atoms with Gasteiger partial charge in [0.1, 0.15) is 19.3 Å². The summed E-state index contributed by atoms with van der Waals surface area (Å²) in [5.74, 6) is -1.56. The SMILES string of the molecule is COC(=O)C(Cc1c[nH]cn1)NC(=O)CCNC(=O)COCCO[N+](=O)[O-]. The minimum absolute atomic E-state index is 0.0235. The van der Waals surface area contributed by atoms with Gasteiger partial charge in [0.25, 0.3) is 5.09 Å². The Balaban J connectivity index is 2.24. The monoisotopic (exact) mass is 387 g/mol. The number of ether oxygens (including phenoxy) is 2. The van der Waals surface area contributed by atoms with Crippen LogP contribution in [0.5, 0.6) is 0 Å². The molecule has 1 heterocycles. The van der Waals surface area contributed by atoms with E-state index in [1.165, 1.54) is 13.4 Å². The van der Waals surface area contributed by atoms with Crippen LogP contribution in [0.15, 0.2) is 12.5 Å². The number of carbonyl (C=O) groups excluding carboxylic acids is 3. The van der Waals surface area contributed by atoms with E-state index in [1.54, 1.807) is 6.20 Å². The molecule has 0 saturated heterocycles. The Hall–Kier alpha value is -3.22. The predicted molar refractivity (Wildman–Crippen MR) is 87.6 cm³/mol. The molecule has 27 heavy (non-hydrogen) atoms. The van der Waals surface area contributed by atoms with Crippen LogP contribution in [-0.4, -0.2) is 72.4 Å². The lowest BCUT2D eigenvalue weighted by atomic mass is 10.1. The number of rotatable bonds is 13. The molecular formula is C14H21N5O8. The molecule has 0 spiro atoms. The molecule has 0 radical (unpaired) electrons. The van der Waals surface area contributed by atoms with Crippen molar-refractivity contribution in [2.45, 2.75) is 18.9 Å². The van der Waals surface area contributed by atoms with Crippen molar-refractivity contribution in [2.75, 3.05) is 33.5 Å². The zero-order chi connectivity index (χ0) is 20.1. The zero-order valence-electron chi connectivity index (χ0n) is 14.6. The maximum Gasteiger partial charge on any atom is 0.328 e. The fourth-order valence-electron chi connectivity index (χ4n) is 1.92. The summed E-state index contributed by atoms with van der Waals surface area (Å²) in [5, 5.41) is 13.9. The van der Waals surface area contributed by atoms with E-state index >= 15 is 0 Å². The fraction of sp³-hybridized carbons (Fsp3) is 0.571. The number of nitrogens with zero attached hydrogens (tertiary/aromatic N) is 2. The highest BCUT2D eigenvalue weighted by molar-refractivity contribution is 5.85. The van der Waals surface area contributed by atoms with E-state index in [-0.39, 0.29) is 39.2 Å². The molecule has 150 valence electrons. The molecule has 0 fully saturated rings. The van der Waals surface area contributed by atoms with Crippen molar-refractivity contribution in [3.8, 4) is 0 Å². The summed E-state index contributed by atoms with van der Waals surface area (Å²) in [4.78, 5) is 55.8. The highest BCUT2D eigenvalue weighted by atomic mass is 17.0. The van der Waals surface area contributed by atoms with Crippen LogP contribution in [0.1, 0.15) is 12.1 Å². The number of H-pyrrole nitrogens is 1. The van der Waals surface area contributed by atoms with E-state index in [9.17, 15) is 24.5 Å². The Kier molecular flexibility index (Phi) is 9.85. The lowest BCUT2D eigenvalue weighted by molar-refractivity contribution is -0.758. The lowest BCUT2D eigenvalue weighted by Gasteiger charge is -2.15. The highest BCUT2D eigenvalue weighted by Gasteiger charge is 2.22. The van der Waals surface area contributed by atoms with Gasteiger partial charge >= 0.3 is 5.97 Å². The Morgan fingerprint density at radius 3 is 2.74 bits per heavy atom. The minimum Gasteiger partial charge on any atom is -0.467 e. The molecule has 13 heteroatoms. The van der Waals surface area contributed by atoms with Crippen molar-refractivity contribution in [1.29, 1.82) is 0 Å². The number of esters is 1. The summed E-state index contributed by atoms with van der Waals surface area (Å²) in [6.07, 6.45) is 3.14. The molecule has 1 unspecified atom stereocenters. The third-order valence-electron chi connectivity index (χ3n) is 3.12. The first-order chi connectivity index (χ1) is 12.9. The second-order valence-corrected chi connectivity index (χ2v) is 5.12. The number of amides is 2. The Morgan fingerprint density at radius 1 is 1.33 bits per heavy atom. The number of imidazole rings is 1. The van der Waals surface area contributed by atoms with Crippen LogP contribution in [0, 0.1) is 10.1 Å². The van der Waals surface area contributed by atoms with Gasteiger partial charge in [-0.2, -0.15) is 0 Å². The van der Waals surface area contributed by atoms with Gasteiger partial charge in [0.15, 0.2) is 0 Å². The van der Waals surface area contributed by atoms with Crippen LogP contribution in [0.3, 0.4) is 0 Å². The van der Waals surface area contributed by atoms with Gasteiger partial charge in [-0.3, -0.25) is 9.59 Å². The molecule has 0 bridgehead atoms. The van der Waals surface area contributed by atoms with Gasteiger partial charge in [-0.1, -0.05) is 0 Å². The molecule has 1 aromatic heterocycles. The molecule has 2 amide bonds. The smallest absolute Gasteiger partial charge is 0.328 e. The van der Waals surface area contributed by atoms with Crippen molar-refractivity contribution < 1.29 is 33.8 Å². The van der Waals surface area contributed by atoms with Gasteiger partial charge in [0.05, 0.1) is 25.7 Å². The molecule has 3 N–H and O–H groups in total. The van der Waals surface area contributed by atoms with E-state index in [4.69, 9.17) is 4.74 Å². The van der Waals surface area contributed by atoms with Crippen molar-refractivity contribution >= 4 is 17.8 Å². The van der Waals surface area contributed by atoms with Gasteiger partial charge in [-0.05, 0) is 0 Å². The van der Waals surface area contributed by atoms with Crippen LogP contribution < -0.4 is 10.6 Å². The second kappa shape index (κ2) is 12.2. The molecule has 1 rings (SSSR count). The number of methoxy groups -OCH3 is 1. The molecular weight excluding hydrogens is 366 g/mol. The van der Waals surface area contributed by atoms with Crippen molar-refractivity contribution in [3.05, 3.63) is 28.3 Å².